The minimum atomic E-state index is 0.573. The third kappa shape index (κ3) is 2.46. The first-order valence-corrected chi connectivity index (χ1v) is 6.61. The molecule has 0 aliphatic carbocycles. The number of hydrogen-bond acceptors (Lipinski definition) is 3. The minimum Gasteiger partial charge on any atom is -0.496 e. The van der Waals surface area contributed by atoms with Gasteiger partial charge in [0.1, 0.15) is 11.5 Å². The molecule has 1 saturated heterocycles. The Morgan fingerprint density at radius 3 is 2.61 bits per heavy atom. The van der Waals surface area contributed by atoms with E-state index in [9.17, 15) is 0 Å². The Morgan fingerprint density at radius 1 is 1.28 bits per heavy atom. The molecule has 1 aliphatic heterocycles. The summed E-state index contributed by atoms with van der Waals surface area (Å²) >= 11 is 0. The van der Waals surface area contributed by atoms with E-state index in [1.165, 1.54) is 24.0 Å². The predicted molar refractivity (Wildman–Crippen MR) is 73.7 cm³/mol. The lowest BCUT2D eigenvalue weighted by Gasteiger charge is -2.20. The number of rotatable bonds is 4. The van der Waals surface area contributed by atoms with Crippen molar-refractivity contribution in [3.05, 3.63) is 22.8 Å². The highest BCUT2D eigenvalue weighted by Crippen LogP contribution is 2.34. The van der Waals surface area contributed by atoms with Gasteiger partial charge in [-0.25, -0.2) is 0 Å². The van der Waals surface area contributed by atoms with Gasteiger partial charge in [0, 0.05) is 11.6 Å². The zero-order valence-corrected chi connectivity index (χ0v) is 11.8. The van der Waals surface area contributed by atoms with Crippen LogP contribution in [0.4, 0.5) is 0 Å². The first-order chi connectivity index (χ1) is 8.67. The van der Waals surface area contributed by atoms with E-state index in [0.29, 0.717) is 6.04 Å². The van der Waals surface area contributed by atoms with Gasteiger partial charge in [0.05, 0.1) is 14.2 Å². The first kappa shape index (κ1) is 13.2. The van der Waals surface area contributed by atoms with Crippen LogP contribution in [0.5, 0.6) is 11.5 Å². The van der Waals surface area contributed by atoms with Crippen LogP contribution in [0.2, 0.25) is 0 Å². The fourth-order valence-electron chi connectivity index (χ4n) is 2.85. The molecular formula is C15H23NO2. The molecule has 1 fully saturated rings. The maximum atomic E-state index is 5.58. The van der Waals surface area contributed by atoms with Gasteiger partial charge in [-0.1, -0.05) is 0 Å². The Balaban J connectivity index is 2.37. The molecule has 0 saturated carbocycles. The van der Waals surface area contributed by atoms with Crippen molar-refractivity contribution in [2.45, 2.75) is 39.2 Å². The number of hydrogen-bond donors (Lipinski definition) is 1. The van der Waals surface area contributed by atoms with Crippen LogP contribution < -0.4 is 14.8 Å². The third-order valence-corrected chi connectivity index (χ3v) is 3.84. The third-order valence-electron chi connectivity index (χ3n) is 3.84. The molecule has 1 atom stereocenters. The lowest BCUT2D eigenvalue weighted by atomic mass is 9.96. The molecule has 2 rings (SSSR count). The molecule has 0 aromatic heterocycles. The normalized spacial score (nSPS) is 19.0. The van der Waals surface area contributed by atoms with E-state index in [2.05, 4.69) is 25.2 Å². The van der Waals surface area contributed by atoms with Crippen LogP contribution in [-0.4, -0.2) is 26.8 Å². The predicted octanol–water partition coefficient (Wildman–Crippen LogP) is 2.62. The second-order valence-corrected chi connectivity index (χ2v) is 5.03. The lowest BCUT2D eigenvalue weighted by Crippen LogP contribution is -2.24. The maximum absolute atomic E-state index is 5.58. The Kier molecular flexibility index (Phi) is 4.12. The summed E-state index contributed by atoms with van der Waals surface area (Å²) in [5.74, 6) is 1.98. The van der Waals surface area contributed by atoms with Gasteiger partial charge in [-0.2, -0.15) is 0 Å². The summed E-state index contributed by atoms with van der Waals surface area (Å²) in [5, 5.41) is 3.54. The molecule has 1 aromatic carbocycles. The van der Waals surface area contributed by atoms with Crippen molar-refractivity contribution in [2.24, 2.45) is 0 Å². The largest absolute Gasteiger partial charge is 0.496 e. The van der Waals surface area contributed by atoms with Crippen molar-refractivity contribution in [1.29, 1.82) is 0 Å². The molecule has 3 heteroatoms. The summed E-state index contributed by atoms with van der Waals surface area (Å²) in [4.78, 5) is 0. The number of aryl methyl sites for hydroxylation is 1. The van der Waals surface area contributed by atoms with Gasteiger partial charge >= 0.3 is 0 Å². The van der Waals surface area contributed by atoms with E-state index in [4.69, 9.17) is 9.47 Å². The molecule has 3 nitrogen and oxygen atoms in total. The molecule has 0 spiro atoms. The summed E-state index contributed by atoms with van der Waals surface area (Å²) in [6.07, 6.45) is 3.54. The van der Waals surface area contributed by atoms with Crippen LogP contribution in [0, 0.1) is 13.8 Å². The Labute approximate surface area is 109 Å². The molecule has 0 bridgehead atoms. The highest BCUT2D eigenvalue weighted by molar-refractivity contribution is 5.53. The van der Waals surface area contributed by atoms with Crippen molar-refractivity contribution in [3.8, 4) is 11.5 Å². The monoisotopic (exact) mass is 249 g/mol. The fourth-order valence-corrected chi connectivity index (χ4v) is 2.85. The fraction of sp³-hybridized carbons (Fsp3) is 0.600. The quantitative estimate of drug-likeness (QED) is 0.889. The van der Waals surface area contributed by atoms with Crippen molar-refractivity contribution in [3.63, 3.8) is 0 Å². The molecule has 1 N–H and O–H groups in total. The van der Waals surface area contributed by atoms with E-state index >= 15 is 0 Å². The molecular weight excluding hydrogens is 226 g/mol. The second kappa shape index (κ2) is 5.61. The number of methoxy groups -OCH3 is 2. The van der Waals surface area contributed by atoms with Crippen LogP contribution in [0.3, 0.4) is 0 Å². The van der Waals surface area contributed by atoms with Crippen molar-refractivity contribution in [1.82, 2.24) is 5.32 Å². The molecule has 1 heterocycles. The van der Waals surface area contributed by atoms with Crippen LogP contribution >= 0.6 is 0 Å². The zero-order chi connectivity index (χ0) is 13.1. The molecule has 1 aliphatic rings. The smallest absolute Gasteiger partial charge is 0.125 e. The highest BCUT2D eigenvalue weighted by atomic mass is 16.5. The van der Waals surface area contributed by atoms with Gasteiger partial charge in [-0.15, -0.1) is 0 Å². The average molecular weight is 249 g/mol. The molecule has 1 aromatic rings. The molecule has 0 amide bonds. The van der Waals surface area contributed by atoms with Crippen LogP contribution in [0.25, 0.3) is 0 Å². The van der Waals surface area contributed by atoms with Gasteiger partial charge in [0.2, 0.25) is 0 Å². The van der Waals surface area contributed by atoms with Gasteiger partial charge < -0.3 is 14.8 Å². The highest BCUT2D eigenvalue weighted by Gasteiger charge is 2.20. The first-order valence-electron chi connectivity index (χ1n) is 6.61. The van der Waals surface area contributed by atoms with Gasteiger partial charge in [0.15, 0.2) is 0 Å². The van der Waals surface area contributed by atoms with E-state index in [1.807, 2.05) is 0 Å². The summed E-state index contributed by atoms with van der Waals surface area (Å²) < 4.78 is 11.0. The van der Waals surface area contributed by atoms with Gasteiger partial charge in [-0.3, -0.25) is 0 Å². The van der Waals surface area contributed by atoms with Crippen LogP contribution in [-0.2, 0) is 6.42 Å². The van der Waals surface area contributed by atoms with Gasteiger partial charge in [0.25, 0.3) is 0 Å². The van der Waals surface area contributed by atoms with E-state index in [-0.39, 0.29) is 0 Å². The summed E-state index contributed by atoms with van der Waals surface area (Å²) in [6.45, 7) is 5.33. The van der Waals surface area contributed by atoms with Crippen molar-refractivity contribution < 1.29 is 9.47 Å². The molecule has 1 unspecified atom stereocenters. The molecule has 18 heavy (non-hydrogen) atoms. The standard InChI is InChI=1S/C15H23NO2/c1-10-8-14(17-3)11(2)13(15(10)18-4)9-12-6-5-7-16-12/h8,12,16H,5-7,9H2,1-4H3. The van der Waals surface area contributed by atoms with E-state index in [0.717, 1.165) is 30.0 Å². The average Bonchev–Trinajstić information content (AvgIpc) is 2.86. The number of benzene rings is 1. The lowest BCUT2D eigenvalue weighted by molar-refractivity contribution is 0.391. The Morgan fingerprint density at radius 2 is 2.06 bits per heavy atom. The summed E-state index contributed by atoms with van der Waals surface area (Å²) in [6, 6.07) is 2.63. The second-order valence-electron chi connectivity index (χ2n) is 5.03. The minimum absolute atomic E-state index is 0.573. The van der Waals surface area contributed by atoms with Crippen molar-refractivity contribution in [2.75, 3.05) is 20.8 Å². The topological polar surface area (TPSA) is 30.5 Å². The summed E-state index contributed by atoms with van der Waals surface area (Å²) in [7, 11) is 3.48. The van der Waals surface area contributed by atoms with Crippen LogP contribution in [0.1, 0.15) is 29.5 Å². The van der Waals surface area contributed by atoms with E-state index in [1.54, 1.807) is 14.2 Å². The zero-order valence-electron chi connectivity index (χ0n) is 11.8. The Bertz CT molecular complexity index is 423. The van der Waals surface area contributed by atoms with Crippen molar-refractivity contribution >= 4 is 0 Å². The van der Waals surface area contributed by atoms with Gasteiger partial charge in [-0.05, 0) is 56.8 Å². The molecule has 100 valence electrons. The number of ether oxygens (including phenoxy) is 2. The maximum Gasteiger partial charge on any atom is 0.125 e. The summed E-state index contributed by atoms with van der Waals surface area (Å²) in [5.41, 5.74) is 3.63. The SMILES string of the molecule is COc1cc(C)c(OC)c(CC2CCCN2)c1C. The number of nitrogens with one attached hydrogen (secondary N) is 1. The van der Waals surface area contributed by atoms with E-state index < -0.39 is 0 Å². The Hall–Kier alpha value is -1.22. The van der Waals surface area contributed by atoms with Crippen LogP contribution in [0.15, 0.2) is 6.07 Å². The molecule has 0 radical (unpaired) electrons.